The van der Waals surface area contributed by atoms with Crippen LogP contribution in [0.4, 0.5) is 4.79 Å². The Kier molecular flexibility index (Phi) is 12.2. The summed E-state index contributed by atoms with van der Waals surface area (Å²) in [5, 5.41) is 26.5. The molecule has 0 radical (unpaired) electrons. The van der Waals surface area contributed by atoms with Crippen LogP contribution in [0.25, 0.3) is 33.6 Å². The van der Waals surface area contributed by atoms with E-state index >= 15 is 0 Å². The lowest BCUT2D eigenvalue weighted by Gasteiger charge is -2.41. The van der Waals surface area contributed by atoms with Crippen LogP contribution in [0.15, 0.2) is 54.7 Å². The molecule has 10 rings (SSSR count). The fourth-order valence-corrected chi connectivity index (χ4v) is 11.2. The number of alkyl carbamates (subject to hydrolysis) is 1. The van der Waals surface area contributed by atoms with E-state index in [2.05, 4.69) is 50.9 Å². The minimum Gasteiger partial charge on any atom is -0.453 e. The summed E-state index contributed by atoms with van der Waals surface area (Å²) < 4.78 is 21.2. The summed E-state index contributed by atoms with van der Waals surface area (Å²) in [5.41, 5.74) is 5.50. The first-order valence-electron chi connectivity index (χ1n) is 23.1. The van der Waals surface area contributed by atoms with Gasteiger partial charge in [0.1, 0.15) is 23.8 Å². The van der Waals surface area contributed by atoms with Gasteiger partial charge in [-0.25, -0.2) is 14.8 Å². The van der Waals surface area contributed by atoms with Crippen molar-refractivity contribution in [1.82, 2.24) is 40.4 Å². The van der Waals surface area contributed by atoms with Crippen molar-refractivity contribution >= 4 is 17.9 Å². The number of nitrogens with zero attached hydrogens (tertiary/aromatic N) is 5. The Balaban J connectivity index is 0.833. The number of rotatable bonds is 13. The van der Waals surface area contributed by atoms with Crippen LogP contribution in [-0.4, -0.2) is 124 Å². The molecule has 65 heavy (non-hydrogen) atoms. The number of aliphatic hydroxyl groups excluding tert-OH is 1. The average molecular weight is 888 g/mol. The van der Waals surface area contributed by atoms with Crippen LogP contribution in [0.1, 0.15) is 87.2 Å². The molecule has 4 aliphatic heterocycles. The lowest BCUT2D eigenvalue weighted by Crippen LogP contribution is -2.57. The summed E-state index contributed by atoms with van der Waals surface area (Å²) in [7, 11) is 2.71. The second kappa shape index (κ2) is 18.3. The number of benzene rings is 2. The van der Waals surface area contributed by atoms with Gasteiger partial charge in [0.05, 0.1) is 42.8 Å². The van der Waals surface area contributed by atoms with Gasteiger partial charge in [0.25, 0.3) is 0 Å². The number of ether oxygens (including phenoxy) is 4. The maximum atomic E-state index is 14.4. The maximum absolute atomic E-state index is 14.4. The molecule has 342 valence electrons. The highest BCUT2D eigenvalue weighted by molar-refractivity contribution is 5.87. The topological polar surface area (TPSA) is 220 Å². The number of methoxy groups -OCH3 is 2. The molecule has 9 atom stereocenters. The van der Waals surface area contributed by atoms with E-state index in [1.165, 1.54) is 14.2 Å². The number of imidazole rings is 2. The van der Waals surface area contributed by atoms with Crippen molar-refractivity contribution in [3.05, 3.63) is 72.1 Å². The molecule has 2 aliphatic carbocycles. The molecule has 17 nitrogen and oxygen atoms in total. The van der Waals surface area contributed by atoms with Crippen LogP contribution in [0, 0.1) is 35.0 Å². The van der Waals surface area contributed by atoms with Gasteiger partial charge in [0.2, 0.25) is 18.2 Å². The van der Waals surface area contributed by atoms with Crippen molar-refractivity contribution in [1.29, 1.82) is 5.26 Å². The Bertz CT molecular complexity index is 2400. The van der Waals surface area contributed by atoms with E-state index in [0.29, 0.717) is 62.6 Å². The Morgan fingerprint density at radius 2 is 1.34 bits per heavy atom. The van der Waals surface area contributed by atoms with Gasteiger partial charge in [0, 0.05) is 51.2 Å². The zero-order valence-electron chi connectivity index (χ0n) is 36.8. The lowest BCUT2D eigenvalue weighted by molar-refractivity contribution is -0.150. The molecule has 6 aliphatic rings. The Hall–Kier alpha value is -5.64. The third-order valence-corrected chi connectivity index (χ3v) is 15.0. The van der Waals surface area contributed by atoms with Gasteiger partial charge in [0.15, 0.2) is 5.69 Å². The zero-order valence-corrected chi connectivity index (χ0v) is 36.8. The monoisotopic (exact) mass is 887 g/mol. The van der Waals surface area contributed by atoms with Crippen LogP contribution in [-0.2, 0) is 28.5 Å². The molecule has 6 heterocycles. The number of aromatic amines is 2. The molecule has 0 spiro atoms. The number of nitrogens with one attached hydrogen (secondary N) is 4. The third kappa shape index (κ3) is 8.42. The number of aliphatic hydroxyl groups is 1. The van der Waals surface area contributed by atoms with E-state index in [0.717, 1.165) is 78.7 Å². The fraction of sp³-hybridized carbons (Fsp3) is 0.542. The molecule has 2 aromatic carbocycles. The van der Waals surface area contributed by atoms with Crippen molar-refractivity contribution in [2.45, 2.75) is 100 Å². The minimum absolute atomic E-state index is 0.0222. The number of piperidine rings is 1. The quantitative estimate of drug-likeness (QED) is 0.110. The highest BCUT2D eigenvalue weighted by Gasteiger charge is 2.57. The van der Waals surface area contributed by atoms with Crippen LogP contribution >= 0.6 is 0 Å². The smallest absolute Gasteiger partial charge is 0.407 e. The van der Waals surface area contributed by atoms with Crippen molar-refractivity contribution in [3.63, 3.8) is 0 Å². The summed E-state index contributed by atoms with van der Waals surface area (Å²) in [6.07, 6.45) is 7.25. The number of carbonyl (C=O) groups is 3. The molecule has 2 saturated carbocycles. The molecular formula is C48H57N9O8. The van der Waals surface area contributed by atoms with E-state index in [-0.39, 0.29) is 53.5 Å². The highest BCUT2D eigenvalue weighted by Crippen LogP contribution is 2.54. The van der Waals surface area contributed by atoms with Gasteiger partial charge in [-0.15, -0.1) is 0 Å². The van der Waals surface area contributed by atoms with Gasteiger partial charge >= 0.3 is 6.09 Å². The Morgan fingerprint density at radius 3 is 1.95 bits per heavy atom. The number of amides is 3. The number of fused-ring (bicyclic) bond motifs is 2. The van der Waals surface area contributed by atoms with E-state index in [1.54, 1.807) is 0 Å². The van der Waals surface area contributed by atoms with Gasteiger partial charge in [-0.1, -0.05) is 48.5 Å². The van der Waals surface area contributed by atoms with Crippen molar-refractivity contribution in [3.8, 4) is 39.7 Å². The minimum atomic E-state index is -1.25. The van der Waals surface area contributed by atoms with Gasteiger partial charge in [-0.2, -0.15) is 5.26 Å². The highest BCUT2D eigenvalue weighted by atomic mass is 16.6. The number of carbonyl (C=O) groups excluding carboxylic acids is 3. The Labute approximate surface area is 377 Å². The standard InChI is InChI=1S/C48H57N9O8/c1-62-47(60)54-41(30-13-17-64-18-14-30)45(58)56-36-12-11-32(36)21-38(56)43-50-25-35(52-43)28-7-3-26(4-8-28)27-5-9-29(10-6-27)40-34(24-49)51-44(53-40)39-23-33-22-37(33)57(39)46(59)42(55-48(61)63-2)31-15-19-65-20-16-31/h3-10,25,30-33,36-39,41-42,47,54,60H,11-23H2,1-2H3,(H,50,52)(H,51,53)(H,55,61). The van der Waals surface area contributed by atoms with Gasteiger partial charge < -0.3 is 49.1 Å². The normalized spacial score (nSPS) is 26.6. The predicted octanol–water partition coefficient (Wildman–Crippen LogP) is 5.18. The van der Waals surface area contributed by atoms with E-state index in [9.17, 15) is 24.8 Å². The number of likely N-dealkylation sites (tertiary alicyclic amines) is 2. The molecule has 4 saturated heterocycles. The molecule has 4 aromatic rings. The van der Waals surface area contributed by atoms with Crippen molar-refractivity contribution in [2.24, 2.45) is 23.7 Å². The molecule has 2 aromatic heterocycles. The number of H-pyrrole nitrogens is 2. The molecule has 9 unspecified atom stereocenters. The van der Waals surface area contributed by atoms with E-state index in [4.69, 9.17) is 28.9 Å². The average Bonchev–Trinajstić information content (AvgIpc) is 3.69. The summed E-state index contributed by atoms with van der Waals surface area (Å²) in [4.78, 5) is 61.6. The van der Waals surface area contributed by atoms with Crippen molar-refractivity contribution < 1.29 is 38.4 Å². The molecule has 0 bridgehead atoms. The number of hydrogen-bond donors (Lipinski definition) is 5. The van der Waals surface area contributed by atoms with E-state index < -0.39 is 24.6 Å². The zero-order chi connectivity index (χ0) is 44.8. The number of aromatic nitrogens is 4. The first-order chi connectivity index (χ1) is 31.7. The van der Waals surface area contributed by atoms with Crippen LogP contribution in [0.3, 0.4) is 0 Å². The van der Waals surface area contributed by atoms with E-state index in [1.807, 2.05) is 40.3 Å². The second-order valence-electron chi connectivity index (χ2n) is 18.5. The maximum Gasteiger partial charge on any atom is 0.407 e. The fourth-order valence-electron chi connectivity index (χ4n) is 11.2. The number of nitriles is 1. The summed E-state index contributed by atoms with van der Waals surface area (Å²) in [6.45, 7) is 2.23. The third-order valence-electron chi connectivity index (χ3n) is 15.0. The van der Waals surface area contributed by atoms with Crippen LogP contribution < -0.4 is 10.6 Å². The molecule has 6 fully saturated rings. The molecule has 3 amide bonds. The summed E-state index contributed by atoms with van der Waals surface area (Å²) in [6, 6.07) is 16.8. The SMILES string of the molecule is COC(=O)NC(C(=O)N1C(c2nc(C#N)c(-c3ccc(-c4ccc(-c5cnc(C6CC7CCC7N6C(=O)C(NC(O)OC)C6CCOCC6)[nH]5)cc4)cc3)[nH]2)CC2CC21)C1CCOCC1. The number of hydrogen-bond acceptors (Lipinski definition) is 12. The van der Waals surface area contributed by atoms with Gasteiger partial charge in [-0.05, 0) is 98.1 Å². The molecule has 17 heteroatoms. The van der Waals surface area contributed by atoms with Gasteiger partial charge in [-0.3, -0.25) is 14.9 Å². The first kappa shape index (κ1) is 43.3. The van der Waals surface area contributed by atoms with Crippen molar-refractivity contribution in [2.75, 3.05) is 40.6 Å². The summed E-state index contributed by atoms with van der Waals surface area (Å²) >= 11 is 0. The largest absolute Gasteiger partial charge is 0.453 e. The Morgan fingerprint density at radius 1 is 0.754 bits per heavy atom. The van der Waals surface area contributed by atoms with Crippen LogP contribution in [0.2, 0.25) is 0 Å². The predicted molar refractivity (Wildman–Crippen MR) is 235 cm³/mol. The first-order valence-corrected chi connectivity index (χ1v) is 23.1. The molecule has 5 N–H and O–H groups in total. The lowest BCUT2D eigenvalue weighted by atomic mass is 9.79. The van der Waals surface area contributed by atoms with Crippen LogP contribution in [0.5, 0.6) is 0 Å². The summed E-state index contributed by atoms with van der Waals surface area (Å²) in [5.74, 6) is 1.88. The second-order valence-corrected chi connectivity index (χ2v) is 18.5. The molecular weight excluding hydrogens is 831 g/mol.